The van der Waals surface area contributed by atoms with Crippen LogP contribution in [0, 0.1) is 0 Å². The van der Waals surface area contributed by atoms with E-state index in [1.807, 2.05) is 43.1 Å². The van der Waals surface area contributed by atoms with Gasteiger partial charge in [0.05, 0.1) is 12.1 Å². The molecule has 1 aromatic carbocycles. The van der Waals surface area contributed by atoms with Gasteiger partial charge in [0, 0.05) is 50.3 Å². The van der Waals surface area contributed by atoms with Gasteiger partial charge in [0.15, 0.2) is 0 Å². The molecular weight excluding hydrogens is 442 g/mol. The highest BCUT2D eigenvalue weighted by Gasteiger charge is 2.26. The van der Waals surface area contributed by atoms with E-state index in [1.54, 1.807) is 12.4 Å². The number of rotatable bonds is 8. The Hall–Kier alpha value is -2.81. The Morgan fingerprint density at radius 1 is 1.23 bits per heavy atom. The van der Waals surface area contributed by atoms with E-state index >= 15 is 0 Å². The summed E-state index contributed by atoms with van der Waals surface area (Å²) < 4.78 is 0. The number of pyridine rings is 1. The molecule has 0 aliphatic carbocycles. The maximum Gasteiger partial charge on any atom is 0.247 e. The Labute approximate surface area is 209 Å². The van der Waals surface area contributed by atoms with Crippen molar-refractivity contribution in [1.82, 2.24) is 20.5 Å². The molecule has 3 unspecified atom stereocenters. The van der Waals surface area contributed by atoms with Gasteiger partial charge in [0.25, 0.3) is 0 Å². The van der Waals surface area contributed by atoms with E-state index in [-0.39, 0.29) is 23.5 Å². The van der Waals surface area contributed by atoms with Crippen LogP contribution in [-0.2, 0) is 15.0 Å². The molecule has 2 aromatic rings. The third-order valence-electron chi connectivity index (χ3n) is 5.94. The summed E-state index contributed by atoms with van der Waals surface area (Å²) in [5, 5.41) is 14.7. The molecule has 2 heterocycles. The SMILES string of the molecule is CN(C)CCNC(=O)C(c1cccnc1)N(C)c1ccc(C(C)(C)C)cc1.O=CC1CC(O)CN1. The Bertz CT molecular complexity index is 913. The predicted octanol–water partition coefficient (Wildman–Crippen LogP) is 2.14. The molecule has 3 atom stereocenters. The van der Waals surface area contributed by atoms with Crippen LogP contribution >= 0.6 is 0 Å². The number of aldehydes is 1. The molecule has 35 heavy (non-hydrogen) atoms. The molecule has 0 bridgehead atoms. The number of nitrogens with one attached hydrogen (secondary N) is 2. The van der Waals surface area contributed by atoms with E-state index in [0.717, 1.165) is 24.1 Å². The number of likely N-dealkylation sites (N-methyl/N-ethyl adjacent to an activating group) is 2. The molecule has 8 nitrogen and oxygen atoms in total. The van der Waals surface area contributed by atoms with Crippen molar-refractivity contribution in [1.29, 1.82) is 0 Å². The third-order valence-corrected chi connectivity index (χ3v) is 5.94. The second-order valence-corrected chi connectivity index (χ2v) is 10.2. The van der Waals surface area contributed by atoms with Crippen LogP contribution in [0.1, 0.15) is 44.4 Å². The Balaban J connectivity index is 0.000000456. The highest BCUT2D eigenvalue weighted by Crippen LogP contribution is 2.29. The maximum absolute atomic E-state index is 13.0. The number of carbonyl (C=O) groups is 2. The summed E-state index contributed by atoms with van der Waals surface area (Å²) >= 11 is 0. The number of aromatic nitrogens is 1. The largest absolute Gasteiger partial charge is 0.392 e. The number of benzene rings is 1. The fourth-order valence-corrected chi connectivity index (χ4v) is 3.78. The standard InChI is InChI=1S/C22H32N4O.C5H9NO2/c1-22(2,3)18-9-11-19(12-10-18)26(6)20(17-8-7-13-23-16-17)21(27)24-14-15-25(4)5;7-3-4-1-5(8)2-6-4/h7-13,16,20H,14-15H2,1-6H3,(H,24,27);3-6,8H,1-2H2. The summed E-state index contributed by atoms with van der Waals surface area (Å²) in [6, 6.07) is 11.7. The molecule has 1 fully saturated rings. The molecule has 1 aromatic heterocycles. The summed E-state index contributed by atoms with van der Waals surface area (Å²) in [4.78, 5) is 31.2. The quantitative estimate of drug-likeness (QED) is 0.495. The second kappa shape index (κ2) is 13.3. The monoisotopic (exact) mass is 483 g/mol. The maximum atomic E-state index is 13.0. The number of aliphatic hydroxyl groups excluding tert-OH is 1. The number of nitrogens with zero attached hydrogens (tertiary/aromatic N) is 3. The number of amides is 1. The summed E-state index contributed by atoms with van der Waals surface area (Å²) in [6.07, 6.45) is 4.57. The molecule has 0 saturated carbocycles. The molecule has 192 valence electrons. The number of carbonyl (C=O) groups excluding carboxylic acids is 2. The summed E-state index contributed by atoms with van der Waals surface area (Å²) in [6.45, 7) is 8.56. The molecule has 1 saturated heterocycles. The van der Waals surface area contributed by atoms with Crippen molar-refractivity contribution < 1.29 is 14.7 Å². The molecular formula is C27H41N5O3. The number of hydrogen-bond donors (Lipinski definition) is 3. The first-order valence-electron chi connectivity index (χ1n) is 12.1. The van der Waals surface area contributed by atoms with Crippen LogP contribution in [0.25, 0.3) is 0 Å². The minimum atomic E-state index is -0.429. The molecule has 8 heteroatoms. The first-order chi connectivity index (χ1) is 16.5. The van der Waals surface area contributed by atoms with Gasteiger partial charge < -0.3 is 30.3 Å². The van der Waals surface area contributed by atoms with Crippen molar-refractivity contribution in [2.45, 2.75) is 50.8 Å². The van der Waals surface area contributed by atoms with Crippen LogP contribution in [-0.4, -0.2) is 80.1 Å². The minimum Gasteiger partial charge on any atom is -0.392 e. The lowest BCUT2D eigenvalue weighted by Gasteiger charge is -2.30. The smallest absolute Gasteiger partial charge is 0.247 e. The van der Waals surface area contributed by atoms with E-state index in [2.05, 4.69) is 60.7 Å². The number of anilines is 1. The van der Waals surface area contributed by atoms with E-state index in [9.17, 15) is 9.59 Å². The zero-order valence-corrected chi connectivity index (χ0v) is 21.9. The molecule has 1 aliphatic rings. The first kappa shape index (κ1) is 28.4. The van der Waals surface area contributed by atoms with Gasteiger partial charge in [-0.15, -0.1) is 0 Å². The van der Waals surface area contributed by atoms with Crippen molar-refractivity contribution in [3.05, 3.63) is 59.9 Å². The van der Waals surface area contributed by atoms with Gasteiger partial charge in [0.2, 0.25) is 5.91 Å². The lowest BCUT2D eigenvalue weighted by Crippen LogP contribution is -2.41. The van der Waals surface area contributed by atoms with Crippen LogP contribution < -0.4 is 15.5 Å². The normalized spacial score (nSPS) is 18.4. The van der Waals surface area contributed by atoms with Crippen molar-refractivity contribution in [3.63, 3.8) is 0 Å². The van der Waals surface area contributed by atoms with Crippen LogP contribution in [0.3, 0.4) is 0 Å². The fourth-order valence-electron chi connectivity index (χ4n) is 3.78. The number of β-amino-alcohol motifs (C(OH)–C–C–N with tert-alkyl or cyclic N) is 1. The van der Waals surface area contributed by atoms with Crippen molar-refractivity contribution in [3.8, 4) is 0 Å². The van der Waals surface area contributed by atoms with Gasteiger partial charge >= 0.3 is 0 Å². The zero-order chi connectivity index (χ0) is 26.0. The van der Waals surface area contributed by atoms with Crippen molar-refractivity contribution in [2.75, 3.05) is 45.7 Å². The predicted molar refractivity (Wildman–Crippen MR) is 141 cm³/mol. The van der Waals surface area contributed by atoms with Crippen molar-refractivity contribution >= 4 is 17.9 Å². The van der Waals surface area contributed by atoms with Gasteiger partial charge in [-0.05, 0) is 49.7 Å². The lowest BCUT2D eigenvalue weighted by atomic mass is 9.87. The number of hydrogen-bond acceptors (Lipinski definition) is 7. The average molecular weight is 484 g/mol. The Kier molecular flexibility index (Phi) is 10.8. The highest BCUT2D eigenvalue weighted by atomic mass is 16.3. The summed E-state index contributed by atoms with van der Waals surface area (Å²) in [7, 11) is 5.94. The van der Waals surface area contributed by atoms with Gasteiger partial charge in [-0.1, -0.05) is 39.0 Å². The molecule has 0 spiro atoms. The molecule has 0 radical (unpaired) electrons. The highest BCUT2D eigenvalue weighted by molar-refractivity contribution is 5.86. The Morgan fingerprint density at radius 3 is 2.37 bits per heavy atom. The molecule has 1 aliphatic heterocycles. The van der Waals surface area contributed by atoms with Gasteiger partial charge in [0.1, 0.15) is 12.3 Å². The van der Waals surface area contributed by atoms with Crippen LogP contribution in [0.15, 0.2) is 48.8 Å². The summed E-state index contributed by atoms with van der Waals surface area (Å²) in [5.74, 6) is -0.0211. The molecule has 1 amide bonds. The van der Waals surface area contributed by atoms with Gasteiger partial charge in [-0.2, -0.15) is 0 Å². The fraction of sp³-hybridized carbons (Fsp3) is 0.519. The van der Waals surface area contributed by atoms with Gasteiger partial charge in [-0.25, -0.2) is 0 Å². The van der Waals surface area contributed by atoms with Crippen LogP contribution in [0.4, 0.5) is 5.69 Å². The topological polar surface area (TPSA) is 97.8 Å². The minimum absolute atomic E-state index is 0.0211. The first-order valence-corrected chi connectivity index (χ1v) is 12.1. The molecule has 3 N–H and O–H groups in total. The van der Waals surface area contributed by atoms with E-state index in [4.69, 9.17) is 5.11 Å². The van der Waals surface area contributed by atoms with Crippen molar-refractivity contribution in [2.24, 2.45) is 0 Å². The second-order valence-electron chi connectivity index (χ2n) is 10.2. The van der Waals surface area contributed by atoms with E-state index < -0.39 is 6.04 Å². The van der Waals surface area contributed by atoms with Crippen LogP contribution in [0.2, 0.25) is 0 Å². The van der Waals surface area contributed by atoms with Crippen LogP contribution in [0.5, 0.6) is 0 Å². The third kappa shape index (κ3) is 9.05. The lowest BCUT2D eigenvalue weighted by molar-refractivity contribution is -0.122. The zero-order valence-electron chi connectivity index (χ0n) is 21.9. The molecule has 3 rings (SSSR count). The van der Waals surface area contributed by atoms with Gasteiger partial charge in [-0.3, -0.25) is 9.78 Å². The average Bonchev–Trinajstić information content (AvgIpc) is 3.25. The van der Waals surface area contributed by atoms with E-state index in [0.29, 0.717) is 19.5 Å². The Morgan fingerprint density at radius 2 is 1.91 bits per heavy atom. The number of aliphatic hydroxyl groups is 1. The summed E-state index contributed by atoms with van der Waals surface area (Å²) in [5.41, 5.74) is 3.25. The van der Waals surface area contributed by atoms with E-state index in [1.165, 1.54) is 5.56 Å².